The van der Waals surface area contributed by atoms with E-state index in [1.807, 2.05) is 36.0 Å². The van der Waals surface area contributed by atoms with Gasteiger partial charge >= 0.3 is 0 Å². The van der Waals surface area contributed by atoms with Crippen molar-refractivity contribution in [3.05, 3.63) is 83.9 Å². The van der Waals surface area contributed by atoms with Gasteiger partial charge in [-0.25, -0.2) is 8.42 Å². The first-order valence-electron chi connectivity index (χ1n) is 11.2. The zero-order chi connectivity index (χ0) is 23.8. The van der Waals surface area contributed by atoms with Gasteiger partial charge in [0, 0.05) is 22.0 Å². The van der Waals surface area contributed by atoms with E-state index in [4.69, 9.17) is 5.73 Å². The predicted molar refractivity (Wildman–Crippen MR) is 137 cm³/mol. The number of carbonyl (C=O) groups excluding carboxylic acids is 1. The highest BCUT2D eigenvalue weighted by molar-refractivity contribution is 7.99. The number of amides is 1. The van der Waals surface area contributed by atoms with Gasteiger partial charge in [0.05, 0.1) is 4.90 Å². The summed E-state index contributed by atoms with van der Waals surface area (Å²) in [5.74, 6) is -0.408. The van der Waals surface area contributed by atoms with Crippen molar-refractivity contribution in [3.63, 3.8) is 0 Å². The number of nitrogens with two attached hydrogens (primary N) is 1. The number of thioether (sulfide) groups is 1. The van der Waals surface area contributed by atoms with Crippen molar-refractivity contribution in [2.24, 2.45) is 5.73 Å². The Hall–Kier alpha value is -2.57. The summed E-state index contributed by atoms with van der Waals surface area (Å²) in [6.07, 6.45) is 7.11. The average Bonchev–Trinajstić information content (AvgIpc) is 2.81. The van der Waals surface area contributed by atoms with E-state index in [1.165, 1.54) is 36.0 Å². The maximum Gasteiger partial charge on any atom is 0.248 e. The summed E-state index contributed by atoms with van der Waals surface area (Å²) in [4.78, 5) is 12.9. The zero-order valence-corrected chi connectivity index (χ0v) is 20.8. The van der Waals surface area contributed by atoms with Crippen LogP contribution >= 0.6 is 11.8 Å². The minimum Gasteiger partial charge on any atom is -0.366 e. The van der Waals surface area contributed by atoms with Gasteiger partial charge in [0.15, 0.2) is 9.84 Å². The first kappa shape index (κ1) is 25.1. The molecule has 0 bridgehead atoms. The highest BCUT2D eigenvalue weighted by atomic mass is 32.2. The molecule has 0 aliphatic carbocycles. The Morgan fingerprint density at radius 3 is 1.94 bits per heavy atom. The number of sulfone groups is 1. The minimum absolute atomic E-state index is 0.295. The third kappa shape index (κ3) is 7.21. The van der Waals surface area contributed by atoms with Crippen LogP contribution in [0.15, 0.2) is 82.6 Å². The number of benzene rings is 3. The molecule has 3 aromatic rings. The van der Waals surface area contributed by atoms with Crippen LogP contribution in [0, 0.1) is 0 Å². The first-order valence-corrected chi connectivity index (χ1v) is 14.0. The number of rotatable bonds is 11. The van der Waals surface area contributed by atoms with Crippen molar-refractivity contribution in [2.75, 3.05) is 6.26 Å². The fourth-order valence-corrected chi connectivity index (χ4v) is 5.53. The van der Waals surface area contributed by atoms with Crippen LogP contribution in [0.1, 0.15) is 60.2 Å². The van der Waals surface area contributed by atoms with Crippen LogP contribution in [0.4, 0.5) is 0 Å². The first-order chi connectivity index (χ1) is 15.8. The monoisotopic (exact) mass is 481 g/mol. The topological polar surface area (TPSA) is 77.2 Å². The van der Waals surface area contributed by atoms with E-state index in [2.05, 4.69) is 31.2 Å². The van der Waals surface area contributed by atoms with Gasteiger partial charge in [-0.3, -0.25) is 4.79 Å². The Bertz CT molecular complexity index is 1150. The fourth-order valence-electron chi connectivity index (χ4n) is 3.70. The largest absolute Gasteiger partial charge is 0.366 e. The Balaban J connectivity index is 1.75. The second-order valence-corrected chi connectivity index (χ2v) is 11.6. The highest BCUT2D eigenvalue weighted by Crippen LogP contribution is 2.40. The van der Waals surface area contributed by atoms with E-state index in [0.717, 1.165) is 24.0 Å². The molecule has 0 aromatic heterocycles. The van der Waals surface area contributed by atoms with Gasteiger partial charge in [0.1, 0.15) is 0 Å². The Labute approximate surface area is 201 Å². The molecule has 0 spiro atoms. The summed E-state index contributed by atoms with van der Waals surface area (Å²) in [6, 6.07) is 23.0. The maximum atomic E-state index is 11.7. The lowest BCUT2D eigenvalue weighted by Gasteiger charge is -2.18. The third-order valence-corrected chi connectivity index (χ3v) is 8.10. The minimum atomic E-state index is -3.20. The van der Waals surface area contributed by atoms with Crippen LogP contribution in [-0.4, -0.2) is 20.6 Å². The molecule has 33 heavy (non-hydrogen) atoms. The number of unbranched alkanes of at least 4 members (excludes halogenated alkanes) is 3. The lowest BCUT2D eigenvalue weighted by atomic mass is 10.0. The fraction of sp³-hybridized carbons (Fsp3) is 0.296. The molecule has 0 aliphatic heterocycles. The van der Waals surface area contributed by atoms with Crippen LogP contribution in [0.5, 0.6) is 0 Å². The molecule has 0 radical (unpaired) electrons. The van der Waals surface area contributed by atoms with Crippen LogP contribution in [0.3, 0.4) is 0 Å². The Morgan fingerprint density at radius 2 is 1.42 bits per heavy atom. The highest BCUT2D eigenvalue weighted by Gasteiger charge is 2.14. The summed E-state index contributed by atoms with van der Waals surface area (Å²) < 4.78 is 23.4. The molecule has 0 saturated carbocycles. The van der Waals surface area contributed by atoms with Crippen molar-refractivity contribution in [3.8, 4) is 11.1 Å². The summed E-state index contributed by atoms with van der Waals surface area (Å²) in [5.41, 5.74) is 9.15. The van der Waals surface area contributed by atoms with Gasteiger partial charge in [-0.15, -0.1) is 11.8 Å². The summed E-state index contributed by atoms with van der Waals surface area (Å²) in [7, 11) is -3.20. The van der Waals surface area contributed by atoms with Crippen LogP contribution in [0.2, 0.25) is 0 Å². The van der Waals surface area contributed by atoms with E-state index in [0.29, 0.717) is 15.7 Å². The quantitative estimate of drug-likeness (QED) is 0.245. The number of hydrogen-bond donors (Lipinski definition) is 1. The molecule has 1 unspecified atom stereocenters. The molecule has 4 nitrogen and oxygen atoms in total. The van der Waals surface area contributed by atoms with E-state index in [9.17, 15) is 13.2 Å². The molecule has 6 heteroatoms. The molecular weight excluding hydrogens is 450 g/mol. The predicted octanol–water partition coefficient (Wildman–Crippen LogP) is 6.66. The molecule has 1 atom stereocenters. The number of hydrogen-bond acceptors (Lipinski definition) is 4. The normalized spacial score (nSPS) is 12.4. The van der Waals surface area contributed by atoms with Gasteiger partial charge in [0.2, 0.25) is 5.91 Å². The molecule has 0 aliphatic rings. The molecule has 174 valence electrons. The smallest absolute Gasteiger partial charge is 0.248 e. The molecule has 3 aromatic carbocycles. The standard InChI is InChI=1S/C27H31NO3S2/c1-3-4-5-6-7-26(22-8-10-23(11-9-22)27(28)29)32-24-16-12-20(13-17-24)21-14-18-25(19-15-21)33(2,30)31/h8-19,26H,3-7H2,1-2H3,(H2,28,29). The van der Waals surface area contributed by atoms with Crippen molar-refractivity contribution in [2.45, 2.75) is 54.1 Å². The average molecular weight is 482 g/mol. The molecule has 1 amide bonds. The van der Waals surface area contributed by atoms with Crippen LogP contribution in [-0.2, 0) is 9.84 Å². The Kier molecular flexibility index (Phi) is 8.75. The van der Waals surface area contributed by atoms with E-state index in [1.54, 1.807) is 24.3 Å². The second kappa shape index (κ2) is 11.5. The molecule has 3 rings (SSSR count). The number of primary amides is 1. The third-order valence-electron chi connectivity index (χ3n) is 5.64. The van der Waals surface area contributed by atoms with Crippen molar-refractivity contribution >= 4 is 27.5 Å². The lowest BCUT2D eigenvalue weighted by Crippen LogP contribution is -2.10. The summed E-state index contributed by atoms with van der Waals surface area (Å²) in [6.45, 7) is 2.21. The lowest BCUT2D eigenvalue weighted by molar-refractivity contribution is 0.1000. The maximum absolute atomic E-state index is 11.7. The molecule has 0 fully saturated rings. The molecule has 2 N–H and O–H groups in total. The summed E-state index contributed by atoms with van der Waals surface area (Å²) >= 11 is 1.83. The van der Waals surface area contributed by atoms with Crippen LogP contribution in [0.25, 0.3) is 11.1 Å². The van der Waals surface area contributed by atoms with Crippen molar-refractivity contribution in [1.29, 1.82) is 0 Å². The van der Waals surface area contributed by atoms with Crippen molar-refractivity contribution < 1.29 is 13.2 Å². The number of carbonyl (C=O) groups is 1. The van der Waals surface area contributed by atoms with Gasteiger partial charge in [-0.05, 0) is 59.5 Å². The van der Waals surface area contributed by atoms with E-state index >= 15 is 0 Å². The zero-order valence-electron chi connectivity index (χ0n) is 19.2. The molecule has 0 saturated heterocycles. The van der Waals surface area contributed by atoms with Gasteiger partial charge in [-0.2, -0.15) is 0 Å². The van der Waals surface area contributed by atoms with Gasteiger partial charge in [0.25, 0.3) is 0 Å². The van der Waals surface area contributed by atoms with Crippen LogP contribution < -0.4 is 5.73 Å². The van der Waals surface area contributed by atoms with E-state index < -0.39 is 15.7 Å². The SMILES string of the molecule is CCCCCCC(Sc1ccc(-c2ccc(S(C)(=O)=O)cc2)cc1)c1ccc(C(N)=O)cc1. The molecular formula is C27H31NO3S2. The summed E-state index contributed by atoms with van der Waals surface area (Å²) in [5, 5.41) is 0.295. The van der Waals surface area contributed by atoms with E-state index in [-0.39, 0.29) is 0 Å². The molecule has 0 heterocycles. The second-order valence-electron chi connectivity index (χ2n) is 8.26. The Morgan fingerprint density at radius 1 is 0.848 bits per heavy atom. The van der Waals surface area contributed by atoms with Crippen molar-refractivity contribution in [1.82, 2.24) is 0 Å². The van der Waals surface area contributed by atoms with Gasteiger partial charge in [-0.1, -0.05) is 69.0 Å². The van der Waals surface area contributed by atoms with Gasteiger partial charge < -0.3 is 5.73 Å².